The molecule has 0 radical (unpaired) electrons. The Bertz CT molecular complexity index is 696. The molecule has 5 nitrogen and oxygen atoms in total. The zero-order valence-corrected chi connectivity index (χ0v) is 12.9. The van der Waals surface area contributed by atoms with Crippen LogP contribution < -0.4 is 9.96 Å². The summed E-state index contributed by atoms with van der Waals surface area (Å²) in [6, 6.07) is 15.7. The molecule has 0 N–H and O–H groups in total. The van der Waals surface area contributed by atoms with Crippen molar-refractivity contribution in [1.82, 2.24) is 0 Å². The average Bonchev–Trinajstić information content (AvgIpc) is 3.43. The van der Waals surface area contributed by atoms with Crippen molar-refractivity contribution in [1.29, 1.82) is 0 Å². The molecular formula is C18H18N2O3. The number of benzene rings is 2. The monoisotopic (exact) mass is 310 g/mol. The van der Waals surface area contributed by atoms with Crippen molar-refractivity contribution in [2.75, 3.05) is 17.1 Å². The van der Waals surface area contributed by atoms with Gasteiger partial charge in [-0.2, -0.15) is 5.06 Å². The third-order valence-corrected chi connectivity index (χ3v) is 3.95. The minimum absolute atomic E-state index is 0.341. The zero-order valence-electron chi connectivity index (χ0n) is 12.9. The summed E-state index contributed by atoms with van der Waals surface area (Å²) in [4.78, 5) is 28.9. The first-order chi connectivity index (χ1) is 11.3. The fourth-order valence-corrected chi connectivity index (χ4v) is 2.57. The summed E-state index contributed by atoms with van der Waals surface area (Å²) < 4.78 is 0. The van der Waals surface area contributed by atoms with E-state index >= 15 is 0 Å². The van der Waals surface area contributed by atoms with E-state index in [-0.39, 0.29) is 0 Å². The van der Waals surface area contributed by atoms with Crippen LogP contribution in [0.4, 0.5) is 11.4 Å². The Morgan fingerprint density at radius 3 is 2.26 bits per heavy atom. The van der Waals surface area contributed by atoms with Crippen LogP contribution in [0.15, 0.2) is 48.5 Å². The largest absolute Gasteiger partial charge is 0.312 e. The van der Waals surface area contributed by atoms with Gasteiger partial charge in [-0.25, -0.2) is 0 Å². The molecule has 0 saturated heterocycles. The molecule has 0 heterocycles. The van der Waals surface area contributed by atoms with Crippen molar-refractivity contribution < 1.29 is 14.4 Å². The molecule has 0 unspecified atom stereocenters. The zero-order chi connectivity index (χ0) is 16.2. The van der Waals surface area contributed by atoms with Crippen LogP contribution in [0.2, 0.25) is 0 Å². The number of rotatable bonds is 7. The van der Waals surface area contributed by atoms with Crippen LogP contribution in [0.5, 0.6) is 0 Å². The van der Waals surface area contributed by atoms with Gasteiger partial charge in [0.2, 0.25) is 12.8 Å². The minimum Gasteiger partial charge on any atom is -0.312 e. The Kier molecular flexibility index (Phi) is 4.39. The highest BCUT2D eigenvalue weighted by atomic mass is 16.7. The molecule has 2 aromatic rings. The van der Waals surface area contributed by atoms with Crippen molar-refractivity contribution >= 4 is 24.2 Å². The van der Waals surface area contributed by atoms with Gasteiger partial charge in [0.05, 0.1) is 12.8 Å². The maximum atomic E-state index is 11.3. The SMILES string of the molecule is CON(C=O)c1ccc(-c2cccc(N(C=O)C3CC3)c2)cc1. The van der Waals surface area contributed by atoms with Gasteiger partial charge in [-0.3, -0.25) is 14.4 Å². The molecule has 0 aromatic heterocycles. The van der Waals surface area contributed by atoms with Crippen molar-refractivity contribution in [3.8, 4) is 11.1 Å². The molecule has 0 aliphatic heterocycles. The van der Waals surface area contributed by atoms with Gasteiger partial charge in [-0.1, -0.05) is 24.3 Å². The molecule has 0 bridgehead atoms. The van der Waals surface area contributed by atoms with Gasteiger partial charge in [-0.15, -0.1) is 0 Å². The number of carbonyl (C=O) groups is 2. The molecule has 118 valence electrons. The maximum absolute atomic E-state index is 11.3. The quantitative estimate of drug-likeness (QED) is 0.583. The number of hydroxylamine groups is 1. The fourth-order valence-electron chi connectivity index (χ4n) is 2.57. The molecule has 5 heteroatoms. The lowest BCUT2D eigenvalue weighted by Gasteiger charge is -2.18. The van der Waals surface area contributed by atoms with Gasteiger partial charge in [0.25, 0.3) is 0 Å². The summed E-state index contributed by atoms with van der Waals surface area (Å²) in [7, 11) is 1.44. The Hall–Kier alpha value is -2.66. The lowest BCUT2D eigenvalue weighted by Crippen LogP contribution is -2.23. The Labute approximate surface area is 135 Å². The predicted molar refractivity (Wildman–Crippen MR) is 89.0 cm³/mol. The minimum atomic E-state index is 0.341. The molecule has 1 aliphatic carbocycles. The van der Waals surface area contributed by atoms with E-state index in [1.165, 1.54) is 7.11 Å². The van der Waals surface area contributed by atoms with Crippen LogP contribution in [-0.4, -0.2) is 26.0 Å². The number of hydrogen-bond donors (Lipinski definition) is 0. The number of amides is 2. The topological polar surface area (TPSA) is 49.9 Å². The van der Waals surface area contributed by atoms with Crippen LogP contribution in [0.25, 0.3) is 11.1 Å². The number of anilines is 2. The highest BCUT2D eigenvalue weighted by Crippen LogP contribution is 2.33. The van der Waals surface area contributed by atoms with Crippen molar-refractivity contribution in [3.63, 3.8) is 0 Å². The lowest BCUT2D eigenvalue weighted by molar-refractivity contribution is -0.112. The summed E-state index contributed by atoms with van der Waals surface area (Å²) in [5.41, 5.74) is 3.61. The number of nitrogens with zero attached hydrogens (tertiary/aromatic N) is 2. The van der Waals surface area contributed by atoms with E-state index in [2.05, 4.69) is 0 Å². The highest BCUT2D eigenvalue weighted by Gasteiger charge is 2.29. The highest BCUT2D eigenvalue weighted by molar-refractivity contribution is 5.80. The van der Waals surface area contributed by atoms with Crippen LogP contribution >= 0.6 is 0 Å². The van der Waals surface area contributed by atoms with Crippen molar-refractivity contribution in [2.24, 2.45) is 0 Å². The van der Waals surface area contributed by atoms with E-state index in [4.69, 9.17) is 4.84 Å². The smallest absolute Gasteiger partial charge is 0.238 e. The summed E-state index contributed by atoms with van der Waals surface area (Å²) in [6.45, 7) is 0. The molecule has 3 rings (SSSR count). The molecule has 23 heavy (non-hydrogen) atoms. The maximum Gasteiger partial charge on any atom is 0.238 e. The van der Waals surface area contributed by atoms with Crippen LogP contribution in [-0.2, 0) is 14.4 Å². The summed E-state index contributed by atoms with van der Waals surface area (Å²) in [5, 5.41) is 1.15. The van der Waals surface area contributed by atoms with E-state index in [0.29, 0.717) is 18.1 Å². The molecular weight excluding hydrogens is 292 g/mol. The second kappa shape index (κ2) is 6.62. The Morgan fingerprint density at radius 1 is 0.957 bits per heavy atom. The van der Waals surface area contributed by atoms with Gasteiger partial charge in [0.15, 0.2) is 0 Å². The van der Waals surface area contributed by atoms with Crippen LogP contribution in [0.1, 0.15) is 12.8 Å². The van der Waals surface area contributed by atoms with Gasteiger partial charge in [0.1, 0.15) is 0 Å². The van der Waals surface area contributed by atoms with Crippen LogP contribution in [0, 0.1) is 0 Å². The first kappa shape index (κ1) is 15.2. The van der Waals surface area contributed by atoms with E-state index < -0.39 is 0 Å². The molecule has 0 atom stereocenters. The van der Waals surface area contributed by atoms with E-state index in [9.17, 15) is 9.59 Å². The Morgan fingerprint density at radius 2 is 1.70 bits per heavy atom. The number of hydrogen-bond acceptors (Lipinski definition) is 3. The molecule has 1 aliphatic rings. The van der Waals surface area contributed by atoms with Gasteiger partial charge >= 0.3 is 0 Å². The molecule has 1 fully saturated rings. The molecule has 0 spiro atoms. The third-order valence-electron chi connectivity index (χ3n) is 3.95. The van der Waals surface area contributed by atoms with E-state index in [1.54, 1.807) is 4.90 Å². The second-order valence-electron chi connectivity index (χ2n) is 5.45. The summed E-state index contributed by atoms with van der Waals surface area (Å²) in [6.07, 6.45) is 3.65. The van der Waals surface area contributed by atoms with Gasteiger partial charge in [-0.05, 0) is 48.2 Å². The molecule has 2 amide bonds. The fraction of sp³-hybridized carbons (Fsp3) is 0.222. The summed E-state index contributed by atoms with van der Waals surface area (Å²) in [5.74, 6) is 0. The van der Waals surface area contributed by atoms with Crippen molar-refractivity contribution in [2.45, 2.75) is 18.9 Å². The van der Waals surface area contributed by atoms with E-state index in [0.717, 1.165) is 41.1 Å². The normalized spacial score (nSPS) is 13.4. The predicted octanol–water partition coefficient (Wildman–Crippen LogP) is 3.00. The second-order valence-corrected chi connectivity index (χ2v) is 5.45. The van der Waals surface area contributed by atoms with E-state index in [1.807, 2.05) is 48.5 Å². The molecule has 1 saturated carbocycles. The average molecular weight is 310 g/mol. The summed E-state index contributed by atoms with van der Waals surface area (Å²) >= 11 is 0. The molecule has 2 aromatic carbocycles. The lowest BCUT2D eigenvalue weighted by atomic mass is 10.0. The third kappa shape index (κ3) is 3.24. The Balaban J connectivity index is 1.86. The van der Waals surface area contributed by atoms with Gasteiger partial charge in [0, 0.05) is 11.7 Å². The van der Waals surface area contributed by atoms with Gasteiger partial charge < -0.3 is 4.90 Å². The number of carbonyl (C=O) groups excluding carboxylic acids is 2. The first-order valence-electron chi connectivity index (χ1n) is 7.49. The first-order valence-corrected chi connectivity index (χ1v) is 7.49. The standard InChI is InChI=1S/C18H18N2O3/c1-23-20(13-22)17-7-5-14(6-8-17)15-3-2-4-18(11-15)19(12-21)16-9-10-16/h2-8,11-13,16H,9-10H2,1H3. The van der Waals surface area contributed by atoms with Crippen molar-refractivity contribution in [3.05, 3.63) is 48.5 Å². The van der Waals surface area contributed by atoms with Crippen LogP contribution in [0.3, 0.4) is 0 Å².